The zero-order valence-electron chi connectivity index (χ0n) is 19.8. The van der Waals surface area contributed by atoms with Gasteiger partial charge in [-0.2, -0.15) is 0 Å². The first-order valence-electron chi connectivity index (χ1n) is 12.2. The number of para-hydroxylation sites is 2. The third kappa shape index (κ3) is 3.84. The normalized spacial score (nSPS) is 19.3. The number of carboxylic acids is 1. The molecule has 0 saturated heterocycles. The van der Waals surface area contributed by atoms with Crippen molar-refractivity contribution in [3.63, 3.8) is 0 Å². The van der Waals surface area contributed by atoms with E-state index in [1.807, 2.05) is 30.3 Å². The summed E-state index contributed by atoms with van der Waals surface area (Å²) in [6, 6.07) is 22.1. The molecule has 178 valence electrons. The lowest BCUT2D eigenvalue weighted by molar-refractivity contribution is -0.139. The van der Waals surface area contributed by atoms with Crippen LogP contribution in [0.4, 0.5) is 5.69 Å². The van der Waals surface area contributed by atoms with E-state index in [1.165, 1.54) is 11.3 Å². The van der Waals surface area contributed by atoms with Gasteiger partial charge in [-0.05, 0) is 53.8 Å². The maximum Gasteiger partial charge on any atom is 0.321 e. The molecule has 6 nitrogen and oxygen atoms in total. The van der Waals surface area contributed by atoms with Crippen LogP contribution >= 0.6 is 0 Å². The summed E-state index contributed by atoms with van der Waals surface area (Å²) in [6.07, 6.45) is 2.69. The molecule has 2 atom stereocenters. The lowest BCUT2D eigenvalue weighted by Crippen LogP contribution is -2.45. The number of nitrogens with zero attached hydrogens (tertiary/aromatic N) is 1. The Morgan fingerprint density at radius 3 is 2.80 bits per heavy atom. The molecule has 0 aliphatic carbocycles. The quantitative estimate of drug-likeness (QED) is 0.392. The Morgan fingerprint density at radius 2 is 1.94 bits per heavy atom. The Balaban J connectivity index is 1.41. The fraction of sp³-hybridized carbons (Fsp3) is 0.276. The molecule has 0 saturated carbocycles. The van der Waals surface area contributed by atoms with Gasteiger partial charge in [-0.3, -0.25) is 10.1 Å². The van der Waals surface area contributed by atoms with Crippen molar-refractivity contribution in [2.45, 2.75) is 37.9 Å². The molecule has 0 unspecified atom stereocenters. The molecule has 0 fully saturated rings. The topological polar surface area (TPSA) is 77.6 Å². The molecule has 4 aromatic rings. The monoisotopic (exact) mass is 467 g/mol. The predicted octanol–water partition coefficient (Wildman–Crippen LogP) is 4.82. The molecule has 0 amide bonds. The van der Waals surface area contributed by atoms with E-state index >= 15 is 0 Å². The number of nitrogens with one attached hydrogen (secondary N) is 2. The Labute approximate surface area is 204 Å². The number of aliphatic carboxylic acids is 1. The number of H-pyrrole nitrogens is 1. The van der Waals surface area contributed by atoms with Gasteiger partial charge in [-0.15, -0.1) is 0 Å². The summed E-state index contributed by atoms with van der Waals surface area (Å²) in [4.78, 5) is 18.0. The Hall–Kier alpha value is -3.77. The zero-order valence-corrected chi connectivity index (χ0v) is 19.8. The molecule has 3 N–H and O–H groups in total. The number of benzene rings is 3. The number of methoxy groups -OCH3 is 1. The summed E-state index contributed by atoms with van der Waals surface area (Å²) >= 11 is 0. The maximum atomic E-state index is 12.0. The highest BCUT2D eigenvalue weighted by Crippen LogP contribution is 2.37. The van der Waals surface area contributed by atoms with Crippen LogP contribution in [0.3, 0.4) is 0 Å². The summed E-state index contributed by atoms with van der Waals surface area (Å²) in [7, 11) is 1.71. The highest BCUT2D eigenvalue weighted by molar-refractivity contribution is 5.87. The van der Waals surface area contributed by atoms with Crippen molar-refractivity contribution < 1.29 is 14.6 Å². The largest absolute Gasteiger partial charge is 0.496 e. The van der Waals surface area contributed by atoms with E-state index in [-0.39, 0.29) is 6.04 Å². The molecule has 0 spiro atoms. The van der Waals surface area contributed by atoms with Gasteiger partial charge in [-0.1, -0.05) is 42.5 Å². The lowest BCUT2D eigenvalue weighted by atomic mass is 9.89. The van der Waals surface area contributed by atoms with Crippen LogP contribution in [-0.4, -0.2) is 35.8 Å². The molecule has 6 rings (SSSR count). The second-order valence-corrected chi connectivity index (χ2v) is 9.48. The highest BCUT2D eigenvalue weighted by Gasteiger charge is 2.34. The van der Waals surface area contributed by atoms with Crippen LogP contribution in [-0.2, 0) is 24.2 Å². The fourth-order valence-electron chi connectivity index (χ4n) is 5.74. The first kappa shape index (κ1) is 21.7. The van der Waals surface area contributed by atoms with Gasteiger partial charge >= 0.3 is 5.97 Å². The van der Waals surface area contributed by atoms with Crippen LogP contribution in [0.2, 0.25) is 0 Å². The molecule has 6 heteroatoms. The third-order valence-electron chi connectivity index (χ3n) is 7.41. The Kier molecular flexibility index (Phi) is 5.46. The molecule has 0 radical (unpaired) electrons. The first-order chi connectivity index (χ1) is 17.1. The molecule has 3 aromatic carbocycles. The number of hydrogen-bond donors (Lipinski definition) is 3. The second-order valence-electron chi connectivity index (χ2n) is 9.48. The molecule has 0 bridgehead atoms. The van der Waals surface area contributed by atoms with E-state index in [0.29, 0.717) is 6.42 Å². The summed E-state index contributed by atoms with van der Waals surface area (Å²) < 4.78 is 5.75. The average Bonchev–Trinajstić information content (AvgIpc) is 3.27. The first-order valence-corrected chi connectivity index (χ1v) is 12.2. The van der Waals surface area contributed by atoms with Crippen molar-refractivity contribution in [1.29, 1.82) is 0 Å². The molecule has 1 aromatic heterocycles. The number of fused-ring (bicyclic) bond motifs is 4. The number of carbonyl (C=O) groups is 1. The van der Waals surface area contributed by atoms with Crippen LogP contribution in [0.25, 0.3) is 10.9 Å². The maximum absolute atomic E-state index is 12.0. The third-order valence-corrected chi connectivity index (χ3v) is 7.41. The van der Waals surface area contributed by atoms with Crippen LogP contribution in [0, 0.1) is 0 Å². The van der Waals surface area contributed by atoms with Gasteiger partial charge in [0.2, 0.25) is 0 Å². The number of aryl methyl sites for hydroxylation is 1. The van der Waals surface area contributed by atoms with Crippen molar-refractivity contribution in [3.05, 3.63) is 94.7 Å². The summed E-state index contributed by atoms with van der Waals surface area (Å²) in [5.74, 6) is 0.0175. The minimum absolute atomic E-state index is 0.245. The van der Waals surface area contributed by atoms with E-state index in [2.05, 4.69) is 51.6 Å². The molecule has 3 heterocycles. The number of carboxylic acid groups (broad SMARTS) is 1. The summed E-state index contributed by atoms with van der Waals surface area (Å²) in [5, 5.41) is 14.4. The van der Waals surface area contributed by atoms with E-state index in [4.69, 9.17) is 4.74 Å². The number of rotatable bonds is 5. The van der Waals surface area contributed by atoms with Gasteiger partial charge in [-0.25, -0.2) is 0 Å². The summed E-state index contributed by atoms with van der Waals surface area (Å²) in [5.41, 5.74) is 7.96. The average molecular weight is 468 g/mol. The van der Waals surface area contributed by atoms with Crippen LogP contribution in [0.15, 0.2) is 66.7 Å². The smallest absolute Gasteiger partial charge is 0.321 e. The summed E-state index contributed by atoms with van der Waals surface area (Å²) in [6.45, 7) is 1.74. The molecule has 2 aliphatic rings. The van der Waals surface area contributed by atoms with E-state index in [1.54, 1.807) is 7.11 Å². The van der Waals surface area contributed by atoms with Gasteiger partial charge in [0, 0.05) is 47.4 Å². The zero-order chi connectivity index (χ0) is 23.9. The fourth-order valence-corrected chi connectivity index (χ4v) is 5.74. The minimum atomic E-state index is -0.829. The van der Waals surface area contributed by atoms with Crippen LogP contribution in [0.1, 0.15) is 40.4 Å². The van der Waals surface area contributed by atoms with Gasteiger partial charge < -0.3 is 19.7 Å². The molecular weight excluding hydrogens is 438 g/mol. The van der Waals surface area contributed by atoms with Crippen molar-refractivity contribution in [2.75, 3.05) is 18.6 Å². The van der Waals surface area contributed by atoms with Gasteiger partial charge in [0.1, 0.15) is 11.8 Å². The van der Waals surface area contributed by atoms with Crippen molar-refractivity contribution in [2.24, 2.45) is 0 Å². The number of aromatic nitrogens is 1. The number of hydrogen-bond acceptors (Lipinski definition) is 4. The Morgan fingerprint density at radius 1 is 1.11 bits per heavy atom. The van der Waals surface area contributed by atoms with E-state index in [9.17, 15) is 9.90 Å². The standard InChI is InChI=1S/C29H29N3O3/c1-35-26-13-12-19(15-20(26)17-32-14-6-8-18-7-2-5-11-25(18)32)27-28-22(16-24(31-27)29(33)34)21-9-3-4-10-23(21)30-28/h2-5,7,9-13,15,24,27,30-31H,6,8,14,16-17H2,1H3,(H,33,34)/t24-,27-/m1/s1. The Bertz CT molecular complexity index is 1410. The predicted molar refractivity (Wildman–Crippen MR) is 137 cm³/mol. The van der Waals surface area contributed by atoms with E-state index in [0.717, 1.165) is 65.0 Å². The van der Waals surface area contributed by atoms with Crippen LogP contribution < -0.4 is 15.0 Å². The van der Waals surface area contributed by atoms with Crippen molar-refractivity contribution in [1.82, 2.24) is 10.3 Å². The number of ether oxygens (including phenoxy) is 1. The van der Waals surface area contributed by atoms with Gasteiger partial charge in [0.05, 0.1) is 13.2 Å². The number of anilines is 1. The lowest BCUT2D eigenvalue weighted by Gasteiger charge is -2.33. The highest BCUT2D eigenvalue weighted by atomic mass is 16.5. The number of aromatic amines is 1. The van der Waals surface area contributed by atoms with E-state index < -0.39 is 12.0 Å². The second kappa shape index (κ2) is 8.78. The minimum Gasteiger partial charge on any atom is -0.496 e. The van der Waals surface area contributed by atoms with Gasteiger partial charge in [0.25, 0.3) is 0 Å². The van der Waals surface area contributed by atoms with Gasteiger partial charge in [0.15, 0.2) is 0 Å². The van der Waals surface area contributed by atoms with Crippen molar-refractivity contribution >= 4 is 22.6 Å². The molecular formula is C29H29N3O3. The molecule has 2 aliphatic heterocycles. The van der Waals surface area contributed by atoms with Crippen LogP contribution in [0.5, 0.6) is 5.75 Å². The molecule has 35 heavy (non-hydrogen) atoms. The SMILES string of the molecule is COc1ccc([C@H]2N[C@@H](C(=O)O)Cc3c2[nH]c2ccccc32)cc1CN1CCCc2ccccc21. The van der Waals surface area contributed by atoms with Crippen molar-refractivity contribution in [3.8, 4) is 5.75 Å².